The molecule has 1 fully saturated rings. The van der Waals surface area contributed by atoms with Crippen LogP contribution in [0.3, 0.4) is 0 Å². The Hall–Kier alpha value is -3.30. The third-order valence-corrected chi connectivity index (χ3v) is 9.09. The summed E-state index contributed by atoms with van der Waals surface area (Å²) < 4.78 is 29.8. The zero-order chi connectivity index (χ0) is 26.9. The number of nitrogens with zero attached hydrogens (tertiary/aromatic N) is 6. The number of anilines is 1. The SMILES string of the molecule is CCCCc1ccc(S(=O)(=O)N2CCN(c3nc4nccc(-c5ccc(C(C)(C)C)cc5)n4n3)CC2)cc1. The van der Waals surface area contributed by atoms with Gasteiger partial charge < -0.3 is 4.90 Å². The van der Waals surface area contributed by atoms with E-state index >= 15 is 0 Å². The van der Waals surface area contributed by atoms with Gasteiger partial charge in [-0.05, 0) is 47.6 Å². The van der Waals surface area contributed by atoms with Crippen molar-refractivity contribution in [3.05, 3.63) is 71.9 Å². The van der Waals surface area contributed by atoms with Crippen molar-refractivity contribution in [3.8, 4) is 11.3 Å². The van der Waals surface area contributed by atoms with E-state index in [1.807, 2.05) is 23.1 Å². The molecule has 0 radical (unpaired) electrons. The molecule has 0 saturated carbocycles. The maximum Gasteiger partial charge on any atom is 0.254 e. The fourth-order valence-corrected chi connectivity index (χ4v) is 6.19. The molecule has 3 heterocycles. The number of aryl methyl sites for hydroxylation is 1. The summed E-state index contributed by atoms with van der Waals surface area (Å²) >= 11 is 0. The second kappa shape index (κ2) is 10.5. The number of benzene rings is 2. The first kappa shape index (κ1) is 26.3. The van der Waals surface area contributed by atoms with E-state index in [9.17, 15) is 8.42 Å². The normalized spacial score (nSPS) is 15.3. The summed E-state index contributed by atoms with van der Waals surface area (Å²) in [5.41, 5.74) is 4.48. The first-order valence-electron chi connectivity index (χ1n) is 13.3. The van der Waals surface area contributed by atoms with Crippen molar-refractivity contribution < 1.29 is 8.42 Å². The summed E-state index contributed by atoms with van der Waals surface area (Å²) in [7, 11) is -3.54. The summed E-state index contributed by atoms with van der Waals surface area (Å²) in [5, 5.41) is 4.76. The Balaban J connectivity index is 1.31. The molecule has 1 aliphatic rings. The van der Waals surface area contributed by atoms with Crippen LogP contribution in [0.2, 0.25) is 0 Å². The van der Waals surface area contributed by atoms with Crippen molar-refractivity contribution in [1.29, 1.82) is 0 Å². The van der Waals surface area contributed by atoms with Crippen molar-refractivity contribution >= 4 is 21.7 Å². The molecule has 0 N–H and O–H groups in total. The Morgan fingerprint density at radius 1 is 0.895 bits per heavy atom. The van der Waals surface area contributed by atoms with E-state index in [2.05, 4.69) is 61.9 Å². The first-order valence-corrected chi connectivity index (χ1v) is 14.8. The largest absolute Gasteiger partial charge is 0.337 e. The summed E-state index contributed by atoms with van der Waals surface area (Å²) in [5.74, 6) is 1.09. The average Bonchev–Trinajstić information content (AvgIpc) is 3.36. The van der Waals surface area contributed by atoms with Crippen molar-refractivity contribution in [2.45, 2.75) is 57.3 Å². The Kier molecular flexibility index (Phi) is 7.24. The number of fused-ring (bicyclic) bond motifs is 1. The molecular weight excluding hydrogens is 496 g/mol. The van der Waals surface area contributed by atoms with Gasteiger partial charge in [0, 0.05) is 37.9 Å². The standard InChI is InChI=1S/C29H36N6O2S/c1-5-6-7-22-8-14-25(15-9-22)38(36,37)34-20-18-33(19-21-34)28-31-27-30-17-16-26(35(27)32-28)23-10-12-24(13-11-23)29(2,3)4/h8-17H,5-7,18-21H2,1-4H3. The summed E-state index contributed by atoms with van der Waals surface area (Å²) in [6, 6.07) is 17.8. The van der Waals surface area contributed by atoms with E-state index in [-0.39, 0.29) is 5.41 Å². The van der Waals surface area contributed by atoms with Crippen molar-refractivity contribution in [2.75, 3.05) is 31.1 Å². The molecule has 4 aromatic rings. The van der Waals surface area contributed by atoms with Crippen LogP contribution in [0.25, 0.3) is 17.0 Å². The Morgan fingerprint density at radius 3 is 2.21 bits per heavy atom. The van der Waals surface area contributed by atoms with Gasteiger partial charge in [-0.1, -0.05) is 70.5 Å². The lowest BCUT2D eigenvalue weighted by Crippen LogP contribution is -2.49. The van der Waals surface area contributed by atoms with Crippen LogP contribution in [0, 0.1) is 0 Å². The molecule has 1 aliphatic heterocycles. The molecule has 0 unspecified atom stereocenters. The lowest BCUT2D eigenvalue weighted by molar-refractivity contribution is 0.382. The fourth-order valence-electron chi connectivity index (χ4n) is 4.76. The molecule has 0 bridgehead atoms. The summed E-state index contributed by atoms with van der Waals surface area (Å²) in [4.78, 5) is 11.5. The Bertz CT molecular complexity index is 1500. The van der Waals surface area contributed by atoms with Crippen LogP contribution in [0.1, 0.15) is 51.7 Å². The van der Waals surface area contributed by atoms with Gasteiger partial charge in [-0.3, -0.25) is 0 Å². The quantitative estimate of drug-likeness (QED) is 0.335. The zero-order valence-electron chi connectivity index (χ0n) is 22.6. The molecule has 2 aromatic carbocycles. The lowest BCUT2D eigenvalue weighted by atomic mass is 9.86. The third kappa shape index (κ3) is 5.31. The second-order valence-corrected chi connectivity index (χ2v) is 12.9. The third-order valence-electron chi connectivity index (χ3n) is 7.18. The summed E-state index contributed by atoms with van der Waals surface area (Å²) in [6.45, 7) is 10.5. The second-order valence-electron chi connectivity index (χ2n) is 10.9. The van der Waals surface area contributed by atoms with Gasteiger partial charge in [0.1, 0.15) is 0 Å². The molecule has 1 saturated heterocycles. The number of aromatic nitrogens is 4. The van der Waals surface area contributed by atoms with E-state index in [4.69, 9.17) is 5.10 Å². The molecule has 2 aromatic heterocycles. The number of hydrogen-bond acceptors (Lipinski definition) is 6. The number of sulfonamides is 1. The van der Waals surface area contributed by atoms with Crippen LogP contribution in [-0.4, -0.2) is 58.5 Å². The summed E-state index contributed by atoms with van der Waals surface area (Å²) in [6.07, 6.45) is 4.94. The highest BCUT2D eigenvalue weighted by molar-refractivity contribution is 7.89. The van der Waals surface area contributed by atoms with Gasteiger partial charge in [0.05, 0.1) is 10.6 Å². The predicted octanol–water partition coefficient (Wildman–Crippen LogP) is 4.94. The van der Waals surface area contributed by atoms with E-state index < -0.39 is 10.0 Å². The van der Waals surface area contributed by atoms with Gasteiger partial charge in [-0.2, -0.15) is 13.8 Å². The molecule has 38 heavy (non-hydrogen) atoms. The van der Waals surface area contributed by atoms with Crippen LogP contribution in [0.5, 0.6) is 0 Å². The highest BCUT2D eigenvalue weighted by Gasteiger charge is 2.30. The predicted molar refractivity (Wildman–Crippen MR) is 151 cm³/mol. The fraction of sp³-hybridized carbons (Fsp3) is 0.414. The van der Waals surface area contributed by atoms with Gasteiger partial charge in [-0.15, -0.1) is 5.10 Å². The van der Waals surface area contributed by atoms with Crippen LogP contribution in [-0.2, 0) is 21.9 Å². The van der Waals surface area contributed by atoms with Crippen molar-refractivity contribution in [3.63, 3.8) is 0 Å². The van der Waals surface area contributed by atoms with Crippen LogP contribution in [0.15, 0.2) is 65.7 Å². The Morgan fingerprint density at radius 2 is 1.58 bits per heavy atom. The van der Waals surface area contributed by atoms with Gasteiger partial charge in [-0.25, -0.2) is 13.4 Å². The van der Waals surface area contributed by atoms with Crippen LogP contribution < -0.4 is 4.90 Å². The number of rotatable bonds is 7. The molecule has 0 spiro atoms. The minimum atomic E-state index is -3.54. The molecule has 5 rings (SSSR count). The number of hydrogen-bond donors (Lipinski definition) is 0. The highest BCUT2D eigenvalue weighted by Crippen LogP contribution is 2.27. The van der Waals surface area contributed by atoms with E-state index in [0.29, 0.717) is 42.8 Å². The molecular formula is C29H36N6O2S. The van der Waals surface area contributed by atoms with Crippen molar-refractivity contribution in [1.82, 2.24) is 23.9 Å². The number of unbranched alkanes of at least 4 members (excludes halogenated alkanes) is 1. The monoisotopic (exact) mass is 532 g/mol. The molecule has 0 amide bonds. The minimum absolute atomic E-state index is 0.0836. The lowest BCUT2D eigenvalue weighted by Gasteiger charge is -2.33. The minimum Gasteiger partial charge on any atom is -0.337 e. The van der Waals surface area contributed by atoms with Gasteiger partial charge in [0.2, 0.25) is 16.0 Å². The maximum atomic E-state index is 13.2. The molecule has 0 atom stereocenters. The van der Waals surface area contributed by atoms with Gasteiger partial charge in [0.15, 0.2) is 0 Å². The van der Waals surface area contributed by atoms with Crippen molar-refractivity contribution in [2.24, 2.45) is 0 Å². The van der Waals surface area contributed by atoms with E-state index in [1.54, 1.807) is 27.2 Å². The van der Waals surface area contributed by atoms with Crippen LogP contribution in [0.4, 0.5) is 5.95 Å². The molecule has 0 aliphatic carbocycles. The van der Waals surface area contributed by atoms with E-state index in [1.165, 1.54) is 11.1 Å². The van der Waals surface area contributed by atoms with Crippen LogP contribution >= 0.6 is 0 Å². The van der Waals surface area contributed by atoms with Gasteiger partial charge in [0.25, 0.3) is 5.78 Å². The highest BCUT2D eigenvalue weighted by atomic mass is 32.2. The topological polar surface area (TPSA) is 83.7 Å². The maximum absolute atomic E-state index is 13.2. The zero-order valence-corrected chi connectivity index (χ0v) is 23.4. The molecule has 200 valence electrons. The molecule has 8 nitrogen and oxygen atoms in total. The smallest absolute Gasteiger partial charge is 0.254 e. The molecule has 9 heteroatoms. The van der Waals surface area contributed by atoms with Gasteiger partial charge >= 0.3 is 0 Å². The Labute approximate surface area is 225 Å². The average molecular weight is 533 g/mol. The first-order chi connectivity index (χ1) is 18.2. The van der Waals surface area contributed by atoms with E-state index in [0.717, 1.165) is 30.5 Å². The number of piperazine rings is 1.